The van der Waals surface area contributed by atoms with E-state index >= 15 is 0 Å². The lowest BCUT2D eigenvalue weighted by molar-refractivity contribution is 0.0497. The molecule has 0 aliphatic carbocycles. The molecule has 2 nitrogen and oxygen atoms in total. The van der Waals surface area contributed by atoms with Gasteiger partial charge in [0.15, 0.2) is 0 Å². The fourth-order valence-electron chi connectivity index (χ4n) is 2.18. The predicted octanol–water partition coefficient (Wildman–Crippen LogP) is 3.75. The number of hydrogen-bond acceptors (Lipinski definition) is 2. The largest absolute Gasteiger partial charge is 0.493 e. The standard InChI is InChI=1S/C15H21FO2/c1-11(2)14-9-13(3-4-15(14)16)18-10-12-5-7-17-8-6-12/h3-4,9,11-12H,5-8,10H2,1-2H3. The number of rotatable bonds is 4. The number of hydrogen-bond donors (Lipinski definition) is 0. The zero-order valence-corrected chi connectivity index (χ0v) is 11.1. The maximum atomic E-state index is 13.5. The van der Waals surface area contributed by atoms with E-state index in [0.29, 0.717) is 12.5 Å². The summed E-state index contributed by atoms with van der Waals surface area (Å²) in [6.07, 6.45) is 2.11. The van der Waals surface area contributed by atoms with Crippen LogP contribution in [0.5, 0.6) is 5.75 Å². The summed E-state index contributed by atoms with van der Waals surface area (Å²) in [5, 5.41) is 0. The van der Waals surface area contributed by atoms with E-state index in [2.05, 4.69) is 0 Å². The molecular weight excluding hydrogens is 231 g/mol. The van der Waals surface area contributed by atoms with E-state index < -0.39 is 0 Å². The first kappa shape index (κ1) is 13.3. The maximum absolute atomic E-state index is 13.5. The lowest BCUT2D eigenvalue weighted by atomic mass is 10.0. The topological polar surface area (TPSA) is 18.5 Å². The molecule has 1 aliphatic heterocycles. The molecule has 2 rings (SSSR count). The molecule has 1 aromatic carbocycles. The van der Waals surface area contributed by atoms with Gasteiger partial charge in [-0.1, -0.05) is 13.8 Å². The van der Waals surface area contributed by atoms with Gasteiger partial charge in [-0.15, -0.1) is 0 Å². The Kier molecular flexibility index (Phi) is 4.59. The highest BCUT2D eigenvalue weighted by Gasteiger charge is 2.15. The van der Waals surface area contributed by atoms with Gasteiger partial charge in [0.2, 0.25) is 0 Å². The molecule has 18 heavy (non-hydrogen) atoms. The molecule has 1 aromatic rings. The van der Waals surface area contributed by atoms with Gasteiger partial charge in [0, 0.05) is 13.2 Å². The molecule has 0 atom stereocenters. The Bertz CT molecular complexity index is 384. The normalized spacial score (nSPS) is 17.1. The van der Waals surface area contributed by atoms with Crippen LogP contribution < -0.4 is 4.74 Å². The fourth-order valence-corrected chi connectivity index (χ4v) is 2.18. The molecule has 0 unspecified atom stereocenters. The van der Waals surface area contributed by atoms with Crippen molar-refractivity contribution in [1.82, 2.24) is 0 Å². The molecule has 1 fully saturated rings. The second-order valence-corrected chi connectivity index (χ2v) is 5.20. The number of halogens is 1. The third kappa shape index (κ3) is 3.45. The van der Waals surface area contributed by atoms with Crippen LogP contribution >= 0.6 is 0 Å². The number of benzene rings is 1. The van der Waals surface area contributed by atoms with E-state index in [9.17, 15) is 4.39 Å². The van der Waals surface area contributed by atoms with E-state index in [1.807, 2.05) is 19.9 Å². The number of ether oxygens (including phenoxy) is 2. The first-order valence-electron chi connectivity index (χ1n) is 6.67. The third-order valence-electron chi connectivity index (χ3n) is 3.42. The first-order chi connectivity index (χ1) is 8.66. The summed E-state index contributed by atoms with van der Waals surface area (Å²) in [5.74, 6) is 1.36. The summed E-state index contributed by atoms with van der Waals surface area (Å²) in [4.78, 5) is 0. The summed E-state index contributed by atoms with van der Waals surface area (Å²) in [7, 11) is 0. The molecule has 1 aliphatic rings. The van der Waals surface area contributed by atoms with Crippen molar-refractivity contribution < 1.29 is 13.9 Å². The molecule has 0 bridgehead atoms. The van der Waals surface area contributed by atoms with Gasteiger partial charge in [0.25, 0.3) is 0 Å². The Hall–Kier alpha value is -1.09. The van der Waals surface area contributed by atoms with E-state index in [4.69, 9.17) is 9.47 Å². The van der Waals surface area contributed by atoms with Crippen LogP contribution in [0, 0.1) is 11.7 Å². The van der Waals surface area contributed by atoms with Gasteiger partial charge in [-0.2, -0.15) is 0 Å². The zero-order chi connectivity index (χ0) is 13.0. The Balaban J connectivity index is 1.94. The van der Waals surface area contributed by atoms with Gasteiger partial charge >= 0.3 is 0 Å². The summed E-state index contributed by atoms with van der Waals surface area (Å²) in [6.45, 7) is 6.33. The highest BCUT2D eigenvalue weighted by Crippen LogP contribution is 2.24. The molecule has 1 heterocycles. The lowest BCUT2D eigenvalue weighted by Gasteiger charge is -2.22. The fraction of sp³-hybridized carbons (Fsp3) is 0.600. The van der Waals surface area contributed by atoms with E-state index in [0.717, 1.165) is 37.4 Å². The van der Waals surface area contributed by atoms with Crippen molar-refractivity contribution in [1.29, 1.82) is 0 Å². The van der Waals surface area contributed by atoms with Crippen molar-refractivity contribution in [2.75, 3.05) is 19.8 Å². The summed E-state index contributed by atoms with van der Waals surface area (Å²) < 4.78 is 24.6. The van der Waals surface area contributed by atoms with Crippen molar-refractivity contribution in [2.24, 2.45) is 5.92 Å². The van der Waals surface area contributed by atoms with Crippen LogP contribution in [0.3, 0.4) is 0 Å². The Morgan fingerprint density at radius 2 is 2.06 bits per heavy atom. The van der Waals surface area contributed by atoms with Crippen LogP contribution in [0.2, 0.25) is 0 Å². The lowest BCUT2D eigenvalue weighted by Crippen LogP contribution is -2.21. The minimum Gasteiger partial charge on any atom is -0.493 e. The molecule has 3 heteroatoms. The van der Waals surface area contributed by atoms with Crippen molar-refractivity contribution in [2.45, 2.75) is 32.6 Å². The SMILES string of the molecule is CC(C)c1cc(OCC2CCOCC2)ccc1F. The van der Waals surface area contributed by atoms with Gasteiger partial charge in [0.05, 0.1) is 6.61 Å². The minimum absolute atomic E-state index is 0.150. The van der Waals surface area contributed by atoms with Crippen molar-refractivity contribution >= 4 is 0 Å². The van der Waals surface area contributed by atoms with Crippen LogP contribution in [-0.2, 0) is 4.74 Å². The molecule has 0 amide bonds. The van der Waals surface area contributed by atoms with Gasteiger partial charge in [-0.25, -0.2) is 4.39 Å². The molecule has 0 radical (unpaired) electrons. The quantitative estimate of drug-likeness (QED) is 0.812. The van der Waals surface area contributed by atoms with Crippen LogP contribution in [0.15, 0.2) is 18.2 Å². The van der Waals surface area contributed by atoms with Crippen LogP contribution in [0.1, 0.15) is 38.2 Å². The molecule has 1 saturated heterocycles. The summed E-state index contributed by atoms with van der Waals surface area (Å²) >= 11 is 0. The van der Waals surface area contributed by atoms with Gasteiger partial charge in [-0.3, -0.25) is 0 Å². The molecule has 0 saturated carbocycles. The first-order valence-corrected chi connectivity index (χ1v) is 6.67. The average Bonchev–Trinajstić information content (AvgIpc) is 2.38. The minimum atomic E-state index is -0.150. The van der Waals surface area contributed by atoms with E-state index in [1.54, 1.807) is 6.07 Å². The zero-order valence-electron chi connectivity index (χ0n) is 11.1. The van der Waals surface area contributed by atoms with Crippen molar-refractivity contribution in [3.8, 4) is 5.75 Å². The Morgan fingerprint density at radius 3 is 2.72 bits per heavy atom. The Morgan fingerprint density at radius 1 is 1.33 bits per heavy atom. The highest BCUT2D eigenvalue weighted by molar-refractivity contribution is 5.31. The van der Waals surface area contributed by atoms with Crippen molar-refractivity contribution in [3.63, 3.8) is 0 Å². The average molecular weight is 252 g/mol. The van der Waals surface area contributed by atoms with Crippen molar-refractivity contribution in [3.05, 3.63) is 29.6 Å². The van der Waals surface area contributed by atoms with Crippen LogP contribution in [-0.4, -0.2) is 19.8 Å². The van der Waals surface area contributed by atoms with Gasteiger partial charge in [0.1, 0.15) is 11.6 Å². The monoisotopic (exact) mass is 252 g/mol. The summed E-state index contributed by atoms with van der Waals surface area (Å²) in [6, 6.07) is 5.02. The Labute approximate surface area is 108 Å². The van der Waals surface area contributed by atoms with Crippen LogP contribution in [0.4, 0.5) is 4.39 Å². The molecule has 0 N–H and O–H groups in total. The second-order valence-electron chi connectivity index (χ2n) is 5.20. The molecular formula is C15H21FO2. The maximum Gasteiger partial charge on any atom is 0.126 e. The third-order valence-corrected chi connectivity index (χ3v) is 3.42. The predicted molar refractivity (Wildman–Crippen MR) is 69.5 cm³/mol. The van der Waals surface area contributed by atoms with E-state index in [-0.39, 0.29) is 11.7 Å². The van der Waals surface area contributed by atoms with Crippen LogP contribution in [0.25, 0.3) is 0 Å². The smallest absolute Gasteiger partial charge is 0.126 e. The van der Waals surface area contributed by atoms with Gasteiger partial charge in [-0.05, 0) is 48.4 Å². The van der Waals surface area contributed by atoms with E-state index in [1.165, 1.54) is 6.07 Å². The summed E-state index contributed by atoms with van der Waals surface area (Å²) in [5.41, 5.74) is 0.722. The highest BCUT2D eigenvalue weighted by atomic mass is 19.1. The van der Waals surface area contributed by atoms with Gasteiger partial charge < -0.3 is 9.47 Å². The molecule has 100 valence electrons. The molecule has 0 aromatic heterocycles. The second kappa shape index (κ2) is 6.19. The molecule has 0 spiro atoms.